The number of nitrogens with zero attached hydrogens (tertiary/aromatic N) is 2. The number of benzene rings is 1. The molecule has 0 aromatic heterocycles. The molecule has 3 nitrogen and oxygen atoms in total. The molecular weight excluding hydrogens is 239 g/mol. The number of hydrogen-bond donors (Lipinski definition) is 1. The number of rotatable bonds is 4. The Morgan fingerprint density at radius 1 is 1.44 bits per heavy atom. The van der Waals surface area contributed by atoms with E-state index < -0.39 is 6.19 Å². The lowest BCUT2D eigenvalue weighted by Gasteiger charge is -2.24. The van der Waals surface area contributed by atoms with Crippen molar-refractivity contribution in [3.63, 3.8) is 0 Å². The van der Waals surface area contributed by atoms with E-state index in [9.17, 15) is 0 Å². The molecular formula is C11H17N2OPS. The minimum absolute atomic E-state index is 0.264. The van der Waals surface area contributed by atoms with Crippen molar-refractivity contribution >= 4 is 24.2 Å². The maximum atomic E-state index is 9.14. The Kier molecular flexibility index (Phi) is 4.51. The quantitative estimate of drug-likeness (QED) is 0.511. The molecule has 16 heavy (non-hydrogen) atoms. The van der Waals surface area contributed by atoms with Gasteiger partial charge in [-0.3, -0.25) is 4.78 Å². The predicted molar refractivity (Wildman–Crippen MR) is 74.2 cm³/mol. The average molecular weight is 256 g/mol. The third-order valence-corrected chi connectivity index (χ3v) is 6.45. The van der Waals surface area contributed by atoms with Gasteiger partial charge in [0.1, 0.15) is 5.75 Å². The van der Waals surface area contributed by atoms with Crippen LogP contribution in [0.5, 0.6) is 5.75 Å². The summed E-state index contributed by atoms with van der Waals surface area (Å²) in [5.74, 6) is 0.264. The standard InChI is InChI=1S/C11H17N2OPS/c1-4-15(3,16)13(2)12-9-10-5-7-11(14)8-6-10/h5-9,14H,4H2,1-3H3/b12-9+. The third kappa shape index (κ3) is 3.62. The Hall–Kier alpha value is -0.860. The molecule has 1 aromatic carbocycles. The molecule has 0 amide bonds. The molecule has 0 saturated heterocycles. The first kappa shape index (κ1) is 13.2. The van der Waals surface area contributed by atoms with E-state index in [4.69, 9.17) is 16.9 Å². The summed E-state index contributed by atoms with van der Waals surface area (Å²) in [5, 5.41) is 13.5. The van der Waals surface area contributed by atoms with Gasteiger partial charge in [-0.25, -0.2) is 0 Å². The Balaban J connectivity index is 2.74. The molecule has 88 valence electrons. The van der Waals surface area contributed by atoms with Gasteiger partial charge in [0.25, 0.3) is 0 Å². The second kappa shape index (κ2) is 5.46. The van der Waals surface area contributed by atoms with E-state index in [0.29, 0.717) is 0 Å². The zero-order valence-corrected chi connectivity index (χ0v) is 11.5. The lowest BCUT2D eigenvalue weighted by atomic mass is 10.2. The highest BCUT2D eigenvalue weighted by Gasteiger charge is 2.10. The van der Waals surface area contributed by atoms with Crippen LogP contribution < -0.4 is 0 Å². The maximum absolute atomic E-state index is 9.14. The molecule has 5 heteroatoms. The van der Waals surface area contributed by atoms with Crippen molar-refractivity contribution in [1.29, 1.82) is 0 Å². The molecule has 0 spiro atoms. The number of aromatic hydroxyl groups is 1. The van der Waals surface area contributed by atoms with Crippen molar-refractivity contribution in [2.24, 2.45) is 5.10 Å². The van der Waals surface area contributed by atoms with Gasteiger partial charge in [0.05, 0.1) is 12.4 Å². The van der Waals surface area contributed by atoms with Crippen LogP contribution in [0.3, 0.4) is 0 Å². The normalized spacial score (nSPS) is 14.9. The predicted octanol–water partition coefficient (Wildman–Crippen LogP) is 2.70. The van der Waals surface area contributed by atoms with Crippen LogP contribution in [0.25, 0.3) is 0 Å². The molecule has 0 heterocycles. The van der Waals surface area contributed by atoms with Crippen LogP contribution in [0, 0.1) is 0 Å². The first-order valence-corrected chi connectivity index (χ1v) is 8.48. The molecule has 1 N–H and O–H groups in total. The molecule has 1 atom stereocenters. The van der Waals surface area contributed by atoms with Gasteiger partial charge in [-0.15, -0.1) is 0 Å². The van der Waals surface area contributed by atoms with Gasteiger partial charge in [-0.1, -0.05) is 18.7 Å². The summed E-state index contributed by atoms with van der Waals surface area (Å²) >= 11 is 5.49. The minimum Gasteiger partial charge on any atom is -0.508 e. The molecule has 0 aliphatic carbocycles. The van der Waals surface area contributed by atoms with Gasteiger partial charge in [-0.05, 0) is 42.7 Å². The van der Waals surface area contributed by atoms with Crippen molar-refractivity contribution in [2.75, 3.05) is 19.9 Å². The zero-order valence-electron chi connectivity index (χ0n) is 9.79. The van der Waals surface area contributed by atoms with Crippen molar-refractivity contribution in [1.82, 2.24) is 4.78 Å². The molecule has 1 rings (SSSR count). The van der Waals surface area contributed by atoms with Crippen LogP contribution >= 0.6 is 6.19 Å². The van der Waals surface area contributed by atoms with Crippen LogP contribution in [0.2, 0.25) is 0 Å². The molecule has 0 saturated carbocycles. The van der Waals surface area contributed by atoms with E-state index in [0.717, 1.165) is 11.7 Å². The van der Waals surface area contributed by atoms with Crippen molar-refractivity contribution < 1.29 is 5.11 Å². The van der Waals surface area contributed by atoms with E-state index in [1.54, 1.807) is 18.3 Å². The Morgan fingerprint density at radius 2 is 2.00 bits per heavy atom. The largest absolute Gasteiger partial charge is 0.508 e. The summed E-state index contributed by atoms with van der Waals surface area (Å²) in [6.07, 6.45) is 1.24. The van der Waals surface area contributed by atoms with Crippen LogP contribution in [-0.2, 0) is 11.8 Å². The highest BCUT2D eigenvalue weighted by Crippen LogP contribution is 2.44. The molecule has 1 aromatic rings. The number of phenols is 1. The summed E-state index contributed by atoms with van der Waals surface area (Å²) in [5.41, 5.74) is 0.954. The summed E-state index contributed by atoms with van der Waals surface area (Å²) in [6.45, 7) is 4.17. The molecule has 0 aliphatic rings. The SMILES string of the molecule is CCP(C)(=S)N(C)/N=C/c1ccc(O)cc1. The fourth-order valence-electron chi connectivity index (χ4n) is 1.02. The average Bonchev–Trinajstić information content (AvgIpc) is 2.28. The highest BCUT2D eigenvalue weighted by atomic mass is 32.4. The van der Waals surface area contributed by atoms with E-state index in [1.165, 1.54) is 0 Å². The van der Waals surface area contributed by atoms with Gasteiger partial charge in [0, 0.05) is 7.05 Å². The van der Waals surface area contributed by atoms with E-state index in [-0.39, 0.29) is 5.75 Å². The lowest BCUT2D eigenvalue weighted by Crippen LogP contribution is -2.08. The topological polar surface area (TPSA) is 35.8 Å². The first-order chi connectivity index (χ1) is 7.45. The van der Waals surface area contributed by atoms with Crippen LogP contribution in [0.15, 0.2) is 29.4 Å². The van der Waals surface area contributed by atoms with Gasteiger partial charge in [-0.2, -0.15) is 5.10 Å². The maximum Gasteiger partial charge on any atom is 0.115 e. The first-order valence-electron chi connectivity index (χ1n) is 5.09. The fraction of sp³-hybridized carbons (Fsp3) is 0.364. The Labute approximate surface area is 102 Å². The van der Waals surface area contributed by atoms with Gasteiger partial charge >= 0.3 is 0 Å². The zero-order chi connectivity index (χ0) is 12.2. The van der Waals surface area contributed by atoms with Crippen LogP contribution in [0.1, 0.15) is 12.5 Å². The third-order valence-electron chi connectivity index (χ3n) is 2.47. The summed E-state index contributed by atoms with van der Waals surface area (Å²) < 4.78 is 1.88. The number of phenolic OH excluding ortho intramolecular Hbond substituents is 1. The van der Waals surface area contributed by atoms with Crippen LogP contribution in [0.4, 0.5) is 0 Å². The summed E-state index contributed by atoms with van der Waals surface area (Å²) in [4.78, 5) is 0. The monoisotopic (exact) mass is 256 g/mol. The van der Waals surface area contributed by atoms with Crippen molar-refractivity contribution in [2.45, 2.75) is 6.92 Å². The molecule has 0 bridgehead atoms. The smallest absolute Gasteiger partial charge is 0.115 e. The number of hydrazone groups is 1. The van der Waals surface area contributed by atoms with Crippen LogP contribution in [-0.4, -0.2) is 36.0 Å². The fourth-order valence-corrected chi connectivity index (χ4v) is 1.83. The molecule has 0 aliphatic heterocycles. The Bertz CT molecular complexity index is 416. The van der Waals surface area contributed by atoms with E-state index >= 15 is 0 Å². The Morgan fingerprint density at radius 3 is 2.50 bits per heavy atom. The van der Waals surface area contributed by atoms with Gasteiger partial charge < -0.3 is 5.11 Å². The van der Waals surface area contributed by atoms with E-state index in [1.807, 2.05) is 24.0 Å². The molecule has 0 radical (unpaired) electrons. The van der Waals surface area contributed by atoms with Gasteiger partial charge in [0.15, 0.2) is 0 Å². The molecule has 0 fully saturated rings. The lowest BCUT2D eigenvalue weighted by molar-refractivity contribution is 0.475. The van der Waals surface area contributed by atoms with E-state index in [2.05, 4.69) is 18.7 Å². The molecule has 1 unspecified atom stereocenters. The van der Waals surface area contributed by atoms with Crippen molar-refractivity contribution in [3.8, 4) is 5.75 Å². The van der Waals surface area contributed by atoms with Gasteiger partial charge in [0.2, 0.25) is 0 Å². The second-order valence-electron chi connectivity index (χ2n) is 3.69. The minimum atomic E-state index is -1.49. The number of hydrogen-bond acceptors (Lipinski definition) is 3. The highest BCUT2D eigenvalue weighted by molar-refractivity contribution is 8.13. The summed E-state index contributed by atoms with van der Waals surface area (Å²) in [7, 11) is 1.92. The summed E-state index contributed by atoms with van der Waals surface area (Å²) in [6, 6.07) is 6.92. The van der Waals surface area contributed by atoms with Crippen molar-refractivity contribution in [3.05, 3.63) is 29.8 Å². The second-order valence-corrected chi connectivity index (χ2v) is 9.37.